The summed E-state index contributed by atoms with van der Waals surface area (Å²) in [4.78, 5) is 25.7. The Morgan fingerprint density at radius 3 is 1.74 bits per heavy atom. The molecule has 0 amide bonds. The van der Waals surface area contributed by atoms with Crippen LogP contribution in [0.25, 0.3) is 11.5 Å². The Bertz CT molecular complexity index is 1030. The van der Waals surface area contributed by atoms with Gasteiger partial charge in [0.1, 0.15) is 20.8 Å². The van der Waals surface area contributed by atoms with Gasteiger partial charge in [-0.25, -0.2) is 4.98 Å². The van der Waals surface area contributed by atoms with E-state index in [1.165, 1.54) is 12.4 Å². The van der Waals surface area contributed by atoms with Gasteiger partial charge in [-0.3, -0.25) is 19.8 Å². The molecule has 0 aliphatic heterocycles. The van der Waals surface area contributed by atoms with E-state index in [9.17, 15) is 35.9 Å². The summed E-state index contributed by atoms with van der Waals surface area (Å²) >= 11 is 11.1. The van der Waals surface area contributed by atoms with Crippen molar-refractivity contribution >= 4 is 75.8 Å². The van der Waals surface area contributed by atoms with Gasteiger partial charge >= 0.3 is 12.4 Å². The normalized spacial score (nSPS) is 10.7. The first-order valence-corrected chi connectivity index (χ1v) is 10.9. The summed E-state index contributed by atoms with van der Waals surface area (Å²) in [7, 11) is 0. The van der Waals surface area contributed by atoms with Crippen LogP contribution in [0.5, 0.6) is 0 Å². The molecule has 3 rings (SSSR count). The standard InChI is InChI=1S/C7H4BrF3N4.C4H3BrN2O.C3HBr2F3O.2CH4/c8-3-1-13-15-5(3)6-12-2-4(14-6)7(9,10)11;5-3-1-6-7-4(3)2-8;4-2(5)1(9)3(6,7)8;;/h1-2H,(H,12,14)(H,13,15);1-2H,(H,6,7);2H;2*1H4. The molecule has 3 N–H and O–H groups in total. The Morgan fingerprint density at radius 1 is 0.941 bits per heavy atom. The highest BCUT2D eigenvalue weighted by Gasteiger charge is 2.41. The van der Waals surface area contributed by atoms with Gasteiger partial charge in [-0.1, -0.05) is 46.7 Å². The zero-order valence-electron chi connectivity index (χ0n) is 14.8. The number of imidazole rings is 1. The smallest absolute Gasteiger partial charge is 0.333 e. The lowest BCUT2D eigenvalue weighted by molar-refractivity contribution is -0.168. The van der Waals surface area contributed by atoms with E-state index < -0.39 is 27.6 Å². The summed E-state index contributed by atoms with van der Waals surface area (Å²) in [6.45, 7) is 0. The van der Waals surface area contributed by atoms with E-state index in [-0.39, 0.29) is 20.7 Å². The molecule has 0 aliphatic rings. The lowest BCUT2D eigenvalue weighted by Gasteiger charge is -2.03. The van der Waals surface area contributed by atoms with E-state index in [0.717, 1.165) is 6.20 Å². The fourth-order valence-electron chi connectivity index (χ4n) is 1.52. The number of nitrogens with one attached hydrogen (secondary N) is 3. The topological polar surface area (TPSA) is 120 Å². The molecule has 34 heavy (non-hydrogen) atoms. The highest BCUT2D eigenvalue weighted by Crippen LogP contribution is 2.30. The molecule has 0 fully saturated rings. The molecule has 3 aromatic heterocycles. The number of H-pyrrole nitrogens is 3. The highest BCUT2D eigenvalue weighted by molar-refractivity contribution is 9.25. The molecule has 0 spiro atoms. The average Bonchev–Trinajstić information content (AvgIpc) is 3.41. The van der Waals surface area contributed by atoms with Gasteiger partial charge in [-0.15, -0.1) is 0 Å². The third-order valence-corrected chi connectivity index (χ3v) is 4.99. The molecule has 18 heteroatoms. The van der Waals surface area contributed by atoms with Gasteiger partial charge in [0.15, 0.2) is 12.1 Å². The van der Waals surface area contributed by atoms with Gasteiger partial charge in [0.25, 0.3) is 5.78 Å². The minimum Gasteiger partial charge on any atom is -0.333 e. The Labute approximate surface area is 222 Å². The summed E-state index contributed by atoms with van der Waals surface area (Å²) in [5.74, 6) is -1.74. The van der Waals surface area contributed by atoms with Crippen molar-refractivity contribution in [3.8, 4) is 11.5 Å². The summed E-state index contributed by atoms with van der Waals surface area (Å²) in [5.41, 5.74) is -0.0329. The number of hydrogen-bond donors (Lipinski definition) is 3. The minimum absolute atomic E-state index is 0. The third kappa shape index (κ3) is 10.8. The number of alkyl halides is 8. The predicted octanol–water partition coefficient (Wildman–Crippen LogP) is 7.07. The van der Waals surface area contributed by atoms with Crippen molar-refractivity contribution in [1.82, 2.24) is 30.4 Å². The van der Waals surface area contributed by atoms with Crippen LogP contribution in [0.1, 0.15) is 31.0 Å². The Kier molecular flexibility index (Phi) is 15.1. The Balaban J connectivity index is 0. The number of nitrogens with zero attached hydrogens (tertiary/aromatic N) is 3. The van der Waals surface area contributed by atoms with Gasteiger partial charge in [0, 0.05) is 0 Å². The van der Waals surface area contributed by atoms with Crippen molar-refractivity contribution in [2.45, 2.75) is 30.9 Å². The van der Waals surface area contributed by atoms with Crippen LogP contribution in [0.3, 0.4) is 0 Å². The van der Waals surface area contributed by atoms with E-state index >= 15 is 0 Å². The molecule has 0 saturated carbocycles. The van der Waals surface area contributed by atoms with Crippen molar-refractivity contribution in [3.63, 3.8) is 0 Å². The Hall–Kier alpha value is -1.53. The lowest BCUT2D eigenvalue weighted by Crippen LogP contribution is -2.27. The molecule has 0 saturated heterocycles. The second-order valence-electron chi connectivity index (χ2n) is 5.15. The predicted molar refractivity (Wildman–Crippen MR) is 127 cm³/mol. The molecule has 0 aliphatic carbocycles. The summed E-state index contributed by atoms with van der Waals surface area (Å²) < 4.78 is 70.5. The maximum atomic E-state index is 12.2. The zero-order valence-corrected chi connectivity index (χ0v) is 21.2. The second kappa shape index (κ2) is 14.8. The SMILES string of the molecule is C.C.FC(F)(F)c1cnc(-c2[nH]ncc2Br)[nH]1.O=C(C(Br)Br)C(F)(F)F.O=Cc1[nH]ncc1Br. The highest BCUT2D eigenvalue weighted by atomic mass is 79.9. The molecule has 0 atom stereocenters. The van der Waals surface area contributed by atoms with Crippen LogP contribution in [0, 0.1) is 0 Å². The first kappa shape index (κ1) is 34.6. The molecule has 0 bridgehead atoms. The van der Waals surface area contributed by atoms with Crippen molar-refractivity contribution in [3.05, 3.63) is 38.9 Å². The monoisotopic (exact) mass is 754 g/mol. The van der Waals surface area contributed by atoms with Crippen LogP contribution >= 0.6 is 63.7 Å². The molecular formula is C16H16Br4F6N6O2. The summed E-state index contributed by atoms with van der Waals surface area (Å²) in [5, 5.41) is 12.3. The number of aldehydes is 1. The Morgan fingerprint density at radius 2 is 1.47 bits per heavy atom. The van der Waals surface area contributed by atoms with Crippen molar-refractivity contribution in [1.29, 1.82) is 0 Å². The van der Waals surface area contributed by atoms with Crippen molar-refractivity contribution < 1.29 is 35.9 Å². The summed E-state index contributed by atoms with van der Waals surface area (Å²) in [6, 6.07) is 0. The van der Waals surface area contributed by atoms with E-state index in [2.05, 4.69) is 94.1 Å². The lowest BCUT2D eigenvalue weighted by atomic mass is 10.4. The van der Waals surface area contributed by atoms with Gasteiger partial charge < -0.3 is 4.98 Å². The number of carbonyl (C=O) groups excluding carboxylic acids is 2. The number of ketones is 1. The van der Waals surface area contributed by atoms with Crippen LogP contribution in [0.2, 0.25) is 0 Å². The van der Waals surface area contributed by atoms with Crippen LogP contribution in [-0.4, -0.2) is 52.3 Å². The number of aromatic amines is 3. The fourth-order valence-corrected chi connectivity index (χ4v) is 2.70. The molecule has 3 aromatic rings. The minimum atomic E-state index is -4.75. The molecular weight excluding hydrogens is 742 g/mol. The number of aromatic nitrogens is 6. The van der Waals surface area contributed by atoms with Gasteiger partial charge in [-0.2, -0.15) is 36.5 Å². The van der Waals surface area contributed by atoms with E-state index in [4.69, 9.17) is 0 Å². The maximum absolute atomic E-state index is 12.2. The fraction of sp³-hybridized carbons (Fsp3) is 0.312. The molecule has 3 heterocycles. The number of hydrogen-bond acceptors (Lipinski definition) is 5. The number of rotatable bonds is 3. The average molecular weight is 758 g/mol. The first-order valence-electron chi connectivity index (χ1n) is 7.53. The largest absolute Gasteiger partial charge is 0.452 e. The molecule has 0 radical (unpaired) electrons. The zero-order chi connectivity index (χ0) is 24.7. The molecule has 0 aromatic carbocycles. The number of halogens is 10. The first-order chi connectivity index (χ1) is 14.7. The van der Waals surface area contributed by atoms with Gasteiger partial charge in [-0.05, 0) is 31.9 Å². The third-order valence-electron chi connectivity index (χ3n) is 2.93. The van der Waals surface area contributed by atoms with Crippen molar-refractivity contribution in [2.75, 3.05) is 0 Å². The van der Waals surface area contributed by atoms with Crippen molar-refractivity contribution in [2.24, 2.45) is 0 Å². The number of carbonyl (C=O) groups is 2. The van der Waals surface area contributed by atoms with Gasteiger partial charge in [0.05, 0.1) is 27.5 Å². The quantitative estimate of drug-likeness (QED) is 0.150. The van der Waals surface area contributed by atoms with Crippen LogP contribution < -0.4 is 0 Å². The molecule has 0 unspecified atom stereocenters. The van der Waals surface area contributed by atoms with E-state index in [1.54, 1.807) is 0 Å². The van der Waals surface area contributed by atoms with E-state index in [0.29, 0.717) is 26.6 Å². The van der Waals surface area contributed by atoms with Crippen LogP contribution in [-0.2, 0) is 11.0 Å². The van der Waals surface area contributed by atoms with Crippen LogP contribution in [0.15, 0.2) is 27.5 Å². The second-order valence-corrected chi connectivity index (χ2v) is 9.92. The van der Waals surface area contributed by atoms with E-state index in [1.807, 2.05) is 0 Å². The maximum Gasteiger partial charge on any atom is 0.452 e. The molecule has 192 valence electrons. The van der Waals surface area contributed by atoms with Gasteiger partial charge in [0.2, 0.25) is 0 Å². The summed E-state index contributed by atoms with van der Waals surface area (Å²) in [6.07, 6.45) is -4.76. The molecule has 8 nitrogen and oxygen atoms in total. The number of Topliss-reactive ketones (excluding diaryl/α,β-unsaturated/α-hetero) is 1. The van der Waals surface area contributed by atoms with Crippen LogP contribution in [0.4, 0.5) is 26.3 Å².